The second-order valence-corrected chi connectivity index (χ2v) is 7.21. The number of carbonyl (C=O) groups excluding carboxylic acids is 2. The Labute approximate surface area is 160 Å². The first-order chi connectivity index (χ1) is 12.1. The summed E-state index contributed by atoms with van der Waals surface area (Å²) in [5.74, 6) is -1.28. The Morgan fingerprint density at radius 3 is 2.38 bits per heavy atom. The molecule has 0 unspecified atom stereocenters. The zero-order valence-corrected chi connectivity index (χ0v) is 15.6. The molecule has 138 valence electrons. The lowest BCUT2D eigenvalue weighted by Gasteiger charge is -2.23. The van der Waals surface area contributed by atoms with Crippen LogP contribution in [0.1, 0.15) is 34.6 Å². The molecule has 0 aliphatic heterocycles. The van der Waals surface area contributed by atoms with Gasteiger partial charge < -0.3 is 20.8 Å². The molecule has 0 fully saturated rings. The first-order valence-corrected chi connectivity index (χ1v) is 8.41. The SMILES string of the molecule is CC(C)(CO)NC(=O)c1cc(Cl)cc(NC(=O)c2cc(Cl)ccc2O)c1. The Balaban J connectivity index is 2.25. The van der Waals surface area contributed by atoms with Gasteiger partial charge in [0.25, 0.3) is 11.8 Å². The average Bonchev–Trinajstić information content (AvgIpc) is 2.56. The molecule has 26 heavy (non-hydrogen) atoms. The Kier molecular flexibility index (Phi) is 6.13. The van der Waals surface area contributed by atoms with Crippen LogP contribution < -0.4 is 10.6 Å². The van der Waals surface area contributed by atoms with Crippen molar-refractivity contribution in [2.24, 2.45) is 0 Å². The smallest absolute Gasteiger partial charge is 0.259 e. The van der Waals surface area contributed by atoms with Crippen LogP contribution >= 0.6 is 23.2 Å². The lowest BCUT2D eigenvalue weighted by molar-refractivity contribution is 0.0868. The Hall–Kier alpha value is -2.28. The molecule has 0 atom stereocenters. The molecule has 0 radical (unpaired) electrons. The minimum atomic E-state index is -0.810. The van der Waals surface area contributed by atoms with E-state index in [0.29, 0.717) is 5.02 Å². The van der Waals surface area contributed by atoms with Gasteiger partial charge in [-0.2, -0.15) is 0 Å². The standard InChI is InChI=1S/C18H18Cl2N2O4/c1-18(2,9-23)22-16(25)10-5-12(20)7-13(6-10)21-17(26)14-8-11(19)3-4-15(14)24/h3-8,23-24H,9H2,1-2H3,(H,21,26)(H,22,25). The van der Waals surface area contributed by atoms with Gasteiger partial charge >= 0.3 is 0 Å². The number of amides is 2. The number of phenolic OH excluding ortho intramolecular Hbond substituents is 1. The number of halogens is 2. The number of nitrogens with one attached hydrogen (secondary N) is 2. The number of aliphatic hydroxyl groups is 1. The molecule has 0 saturated carbocycles. The molecule has 0 aliphatic carbocycles. The maximum absolute atomic E-state index is 12.3. The molecule has 2 amide bonds. The third-order valence-electron chi connectivity index (χ3n) is 3.47. The molecule has 0 spiro atoms. The van der Waals surface area contributed by atoms with Gasteiger partial charge in [0.1, 0.15) is 5.75 Å². The van der Waals surface area contributed by atoms with Crippen molar-refractivity contribution < 1.29 is 19.8 Å². The highest BCUT2D eigenvalue weighted by Crippen LogP contribution is 2.24. The maximum Gasteiger partial charge on any atom is 0.259 e. The highest BCUT2D eigenvalue weighted by atomic mass is 35.5. The fraction of sp³-hybridized carbons (Fsp3) is 0.222. The van der Waals surface area contributed by atoms with Gasteiger partial charge in [-0.15, -0.1) is 0 Å². The van der Waals surface area contributed by atoms with Gasteiger partial charge in [0.05, 0.1) is 17.7 Å². The number of benzene rings is 2. The van der Waals surface area contributed by atoms with Gasteiger partial charge in [-0.05, 0) is 50.2 Å². The summed E-state index contributed by atoms with van der Waals surface area (Å²) in [6.07, 6.45) is 0. The zero-order chi connectivity index (χ0) is 19.5. The molecular weight excluding hydrogens is 379 g/mol. The summed E-state index contributed by atoms with van der Waals surface area (Å²) >= 11 is 11.9. The van der Waals surface area contributed by atoms with Crippen LogP contribution in [0.2, 0.25) is 10.0 Å². The highest BCUT2D eigenvalue weighted by molar-refractivity contribution is 6.32. The van der Waals surface area contributed by atoms with Crippen molar-refractivity contribution in [2.45, 2.75) is 19.4 Å². The van der Waals surface area contributed by atoms with Gasteiger partial charge in [-0.1, -0.05) is 23.2 Å². The van der Waals surface area contributed by atoms with Gasteiger partial charge in [-0.3, -0.25) is 9.59 Å². The van der Waals surface area contributed by atoms with Gasteiger partial charge in [0.15, 0.2) is 0 Å². The van der Waals surface area contributed by atoms with Crippen LogP contribution in [0.25, 0.3) is 0 Å². The van der Waals surface area contributed by atoms with Crippen LogP contribution in [-0.2, 0) is 0 Å². The van der Waals surface area contributed by atoms with Crippen LogP contribution in [0.15, 0.2) is 36.4 Å². The zero-order valence-electron chi connectivity index (χ0n) is 14.1. The van der Waals surface area contributed by atoms with E-state index in [-0.39, 0.29) is 34.2 Å². The van der Waals surface area contributed by atoms with E-state index in [0.717, 1.165) is 0 Å². The number of aromatic hydroxyl groups is 1. The van der Waals surface area contributed by atoms with E-state index < -0.39 is 17.4 Å². The predicted octanol–water partition coefficient (Wildman–Crippen LogP) is 3.45. The topological polar surface area (TPSA) is 98.7 Å². The molecular formula is C18H18Cl2N2O4. The first-order valence-electron chi connectivity index (χ1n) is 7.65. The number of hydrogen-bond donors (Lipinski definition) is 4. The molecule has 2 rings (SSSR count). The lowest BCUT2D eigenvalue weighted by Crippen LogP contribution is -2.46. The van der Waals surface area contributed by atoms with Crippen molar-refractivity contribution in [3.05, 3.63) is 57.6 Å². The van der Waals surface area contributed by atoms with E-state index in [2.05, 4.69) is 10.6 Å². The Bertz CT molecular complexity index is 853. The maximum atomic E-state index is 12.3. The normalized spacial score (nSPS) is 11.1. The fourth-order valence-corrected chi connectivity index (χ4v) is 2.51. The molecule has 0 aliphatic rings. The molecule has 0 saturated heterocycles. The number of anilines is 1. The van der Waals surface area contributed by atoms with E-state index >= 15 is 0 Å². The van der Waals surface area contributed by atoms with Crippen molar-refractivity contribution in [2.75, 3.05) is 11.9 Å². The lowest BCUT2D eigenvalue weighted by atomic mass is 10.1. The second-order valence-electron chi connectivity index (χ2n) is 6.34. The predicted molar refractivity (Wildman–Crippen MR) is 101 cm³/mol. The third-order valence-corrected chi connectivity index (χ3v) is 3.92. The van der Waals surface area contributed by atoms with E-state index in [1.165, 1.54) is 36.4 Å². The van der Waals surface area contributed by atoms with Gasteiger partial charge in [-0.25, -0.2) is 0 Å². The quantitative estimate of drug-likeness (QED) is 0.621. The van der Waals surface area contributed by atoms with Crippen molar-refractivity contribution in [1.29, 1.82) is 0 Å². The molecule has 0 heterocycles. The molecule has 0 aromatic heterocycles. The number of hydrogen-bond acceptors (Lipinski definition) is 4. The third kappa shape index (κ3) is 5.11. The van der Waals surface area contributed by atoms with Gasteiger partial charge in [0.2, 0.25) is 0 Å². The van der Waals surface area contributed by atoms with Crippen LogP contribution in [0.4, 0.5) is 5.69 Å². The summed E-state index contributed by atoms with van der Waals surface area (Å²) in [6.45, 7) is 3.09. The van der Waals surface area contributed by atoms with E-state index in [9.17, 15) is 19.8 Å². The van der Waals surface area contributed by atoms with Crippen LogP contribution in [0.3, 0.4) is 0 Å². The van der Waals surface area contributed by atoms with E-state index in [4.69, 9.17) is 23.2 Å². The summed E-state index contributed by atoms with van der Waals surface area (Å²) in [7, 11) is 0. The Morgan fingerprint density at radius 2 is 1.73 bits per heavy atom. The molecule has 2 aromatic carbocycles. The summed E-state index contributed by atoms with van der Waals surface area (Å²) < 4.78 is 0. The largest absolute Gasteiger partial charge is 0.507 e. The van der Waals surface area contributed by atoms with Crippen LogP contribution in [0, 0.1) is 0 Å². The number of aliphatic hydroxyl groups excluding tert-OH is 1. The molecule has 6 nitrogen and oxygen atoms in total. The number of carbonyl (C=O) groups is 2. The van der Waals surface area contributed by atoms with Crippen LogP contribution in [-0.4, -0.2) is 34.2 Å². The first kappa shape index (κ1) is 20.0. The number of rotatable bonds is 5. The van der Waals surface area contributed by atoms with Crippen molar-refractivity contribution >= 4 is 40.7 Å². The van der Waals surface area contributed by atoms with Gasteiger partial charge in [0, 0.05) is 21.3 Å². The minimum Gasteiger partial charge on any atom is -0.507 e. The van der Waals surface area contributed by atoms with E-state index in [1.54, 1.807) is 13.8 Å². The summed E-state index contributed by atoms with van der Waals surface area (Å²) in [5.41, 5.74) is -0.335. The van der Waals surface area contributed by atoms with Crippen LogP contribution in [0.5, 0.6) is 5.75 Å². The van der Waals surface area contributed by atoms with E-state index in [1.807, 2.05) is 0 Å². The monoisotopic (exact) mass is 396 g/mol. The second kappa shape index (κ2) is 7.95. The molecule has 8 heteroatoms. The average molecular weight is 397 g/mol. The Morgan fingerprint density at radius 1 is 1.04 bits per heavy atom. The highest BCUT2D eigenvalue weighted by Gasteiger charge is 2.21. The summed E-state index contributed by atoms with van der Waals surface area (Å²) in [5, 5.41) is 24.8. The van der Waals surface area contributed by atoms with Crippen molar-refractivity contribution in [3.63, 3.8) is 0 Å². The summed E-state index contributed by atoms with van der Waals surface area (Å²) in [6, 6.07) is 8.44. The fourth-order valence-electron chi connectivity index (χ4n) is 2.10. The molecule has 4 N–H and O–H groups in total. The molecule has 2 aromatic rings. The minimum absolute atomic E-state index is 0.00936. The van der Waals surface area contributed by atoms with Crippen molar-refractivity contribution in [1.82, 2.24) is 5.32 Å². The van der Waals surface area contributed by atoms with Crippen molar-refractivity contribution in [3.8, 4) is 5.75 Å². The molecule has 0 bridgehead atoms. The number of phenols is 1. The summed E-state index contributed by atoms with van der Waals surface area (Å²) in [4.78, 5) is 24.7.